The summed E-state index contributed by atoms with van der Waals surface area (Å²) in [7, 11) is -1.62. The third-order valence-electron chi connectivity index (χ3n) is 2.14. The van der Waals surface area contributed by atoms with E-state index in [1.165, 1.54) is 13.8 Å². The Balaban J connectivity index is 5.43. The van der Waals surface area contributed by atoms with Gasteiger partial charge >= 0.3 is 5.97 Å². The van der Waals surface area contributed by atoms with Crippen LogP contribution < -0.4 is 0 Å². The molecule has 0 aliphatic rings. The van der Waals surface area contributed by atoms with Crippen molar-refractivity contribution < 1.29 is 18.1 Å². The first-order valence-electron chi connectivity index (χ1n) is 5.80. The Kier molecular flexibility index (Phi) is 6.13. The fourth-order valence-corrected chi connectivity index (χ4v) is 1.68. The summed E-state index contributed by atoms with van der Waals surface area (Å²) in [6, 6.07) is 0. The van der Waals surface area contributed by atoms with E-state index < -0.39 is 33.8 Å². The normalized spacial score (nSPS) is 15.4. The van der Waals surface area contributed by atoms with Crippen molar-refractivity contribution >= 4 is 22.7 Å². The van der Waals surface area contributed by atoms with Crippen LogP contribution in [0.1, 0.15) is 41.5 Å². The Bertz CT molecular complexity index is 359. The first-order chi connectivity index (χ1) is 8.06. The molecule has 0 aliphatic heterocycles. The molecule has 0 fully saturated rings. The molecular weight excluding hydrogens is 257 g/mol. The van der Waals surface area contributed by atoms with Crippen molar-refractivity contribution in [1.82, 2.24) is 0 Å². The van der Waals surface area contributed by atoms with E-state index in [-0.39, 0.29) is 12.3 Å². The largest absolute Gasteiger partial charge is 0.461 e. The SMILES string of the molecule is CCOC(=O)C(=NS(=O)C(C)(C)C)C(C)(C)CF. The highest BCUT2D eigenvalue weighted by Crippen LogP contribution is 2.22. The predicted octanol–water partition coefficient (Wildman–Crippen LogP) is 2.45. The Morgan fingerprint density at radius 2 is 1.78 bits per heavy atom. The smallest absolute Gasteiger partial charge is 0.354 e. The van der Waals surface area contributed by atoms with Gasteiger partial charge in [-0.1, -0.05) is 13.8 Å². The van der Waals surface area contributed by atoms with Gasteiger partial charge in [0.05, 0.1) is 11.4 Å². The highest BCUT2D eigenvalue weighted by Gasteiger charge is 2.34. The van der Waals surface area contributed by atoms with Crippen molar-refractivity contribution in [2.24, 2.45) is 9.81 Å². The van der Waals surface area contributed by atoms with Crippen LogP contribution in [0.2, 0.25) is 0 Å². The van der Waals surface area contributed by atoms with Gasteiger partial charge in [-0.15, -0.1) is 0 Å². The van der Waals surface area contributed by atoms with Crippen molar-refractivity contribution in [2.45, 2.75) is 46.3 Å². The van der Waals surface area contributed by atoms with E-state index in [1.807, 2.05) is 0 Å². The van der Waals surface area contributed by atoms with Gasteiger partial charge in [0.15, 0.2) is 0 Å². The topological polar surface area (TPSA) is 55.7 Å². The van der Waals surface area contributed by atoms with Gasteiger partial charge in [0.25, 0.3) is 0 Å². The maximum Gasteiger partial charge on any atom is 0.354 e. The number of alkyl halides is 1. The van der Waals surface area contributed by atoms with Gasteiger partial charge < -0.3 is 4.74 Å². The van der Waals surface area contributed by atoms with E-state index in [1.54, 1.807) is 27.7 Å². The average molecular weight is 279 g/mol. The Labute approximate surface area is 111 Å². The van der Waals surface area contributed by atoms with Crippen LogP contribution in [0.15, 0.2) is 4.40 Å². The molecule has 0 saturated carbocycles. The summed E-state index contributed by atoms with van der Waals surface area (Å²) < 4.78 is 33.0. The average Bonchev–Trinajstić information content (AvgIpc) is 2.24. The molecule has 0 aromatic rings. The molecule has 0 aliphatic carbocycles. The zero-order valence-electron chi connectivity index (χ0n) is 11.9. The van der Waals surface area contributed by atoms with Gasteiger partial charge in [0.2, 0.25) is 0 Å². The number of hydrogen-bond acceptors (Lipinski definition) is 3. The van der Waals surface area contributed by atoms with Crippen LogP contribution in [0, 0.1) is 5.41 Å². The molecule has 0 aromatic carbocycles. The molecule has 0 amide bonds. The van der Waals surface area contributed by atoms with Crippen molar-refractivity contribution in [3.8, 4) is 0 Å². The van der Waals surface area contributed by atoms with Crippen molar-refractivity contribution in [3.05, 3.63) is 0 Å². The monoisotopic (exact) mass is 279 g/mol. The van der Waals surface area contributed by atoms with Crippen molar-refractivity contribution in [1.29, 1.82) is 0 Å². The number of halogens is 1. The molecule has 0 spiro atoms. The third-order valence-corrected chi connectivity index (χ3v) is 3.54. The summed E-state index contributed by atoms with van der Waals surface area (Å²) in [5.41, 5.74) is -1.22. The summed E-state index contributed by atoms with van der Waals surface area (Å²) in [6.45, 7) is 9.31. The lowest BCUT2D eigenvalue weighted by Crippen LogP contribution is -2.36. The molecule has 0 radical (unpaired) electrons. The minimum absolute atomic E-state index is 0.111. The first kappa shape index (κ1) is 17.2. The van der Waals surface area contributed by atoms with E-state index in [2.05, 4.69) is 4.40 Å². The lowest BCUT2D eigenvalue weighted by molar-refractivity contribution is -0.135. The Hall–Kier alpha value is -0.780. The molecular formula is C12H22FNO3S. The van der Waals surface area contributed by atoms with Gasteiger partial charge in [-0.3, -0.25) is 4.39 Å². The zero-order chi connectivity index (χ0) is 14.6. The van der Waals surface area contributed by atoms with E-state index in [0.29, 0.717) is 0 Å². The number of carbonyl (C=O) groups is 1. The van der Waals surface area contributed by atoms with E-state index in [4.69, 9.17) is 4.74 Å². The van der Waals surface area contributed by atoms with Gasteiger partial charge in [-0.05, 0) is 27.7 Å². The van der Waals surface area contributed by atoms with Crippen LogP contribution in [0.4, 0.5) is 4.39 Å². The van der Waals surface area contributed by atoms with Crippen LogP contribution in [0.5, 0.6) is 0 Å². The molecule has 0 aromatic heterocycles. The van der Waals surface area contributed by atoms with E-state index >= 15 is 0 Å². The molecule has 0 rings (SSSR count). The van der Waals surface area contributed by atoms with Gasteiger partial charge in [-0.2, -0.15) is 4.40 Å². The van der Waals surface area contributed by atoms with E-state index in [0.717, 1.165) is 0 Å². The van der Waals surface area contributed by atoms with Gasteiger partial charge in [0.1, 0.15) is 23.4 Å². The van der Waals surface area contributed by atoms with Crippen LogP contribution in [0.3, 0.4) is 0 Å². The van der Waals surface area contributed by atoms with Crippen molar-refractivity contribution in [3.63, 3.8) is 0 Å². The Morgan fingerprint density at radius 1 is 1.28 bits per heavy atom. The quantitative estimate of drug-likeness (QED) is 0.574. The second-order valence-electron chi connectivity index (χ2n) is 5.54. The zero-order valence-corrected chi connectivity index (χ0v) is 12.7. The number of carbonyl (C=O) groups excluding carboxylic acids is 1. The van der Waals surface area contributed by atoms with Crippen LogP contribution in [-0.2, 0) is 20.5 Å². The maximum absolute atomic E-state index is 13.0. The number of ether oxygens (including phenoxy) is 1. The molecule has 0 bridgehead atoms. The lowest BCUT2D eigenvalue weighted by atomic mass is 9.89. The molecule has 106 valence electrons. The fourth-order valence-electron chi connectivity index (χ4n) is 0.920. The van der Waals surface area contributed by atoms with E-state index in [9.17, 15) is 13.4 Å². The second-order valence-corrected chi connectivity index (χ2v) is 7.45. The molecule has 6 heteroatoms. The van der Waals surface area contributed by atoms with Crippen LogP contribution in [0.25, 0.3) is 0 Å². The minimum atomic E-state index is -1.62. The molecule has 0 heterocycles. The summed E-state index contributed by atoms with van der Waals surface area (Å²) in [5, 5.41) is 0. The summed E-state index contributed by atoms with van der Waals surface area (Å²) in [6.07, 6.45) is 0. The highest BCUT2D eigenvalue weighted by atomic mass is 32.2. The number of esters is 1. The first-order valence-corrected chi connectivity index (χ1v) is 6.91. The Morgan fingerprint density at radius 3 is 2.11 bits per heavy atom. The van der Waals surface area contributed by atoms with Crippen LogP contribution in [-0.4, -0.2) is 33.9 Å². The minimum Gasteiger partial charge on any atom is -0.461 e. The van der Waals surface area contributed by atoms with Crippen LogP contribution >= 0.6 is 0 Å². The fraction of sp³-hybridized carbons (Fsp3) is 0.833. The van der Waals surface area contributed by atoms with Gasteiger partial charge in [0, 0.05) is 5.41 Å². The molecule has 0 saturated heterocycles. The summed E-state index contributed by atoms with van der Waals surface area (Å²) in [4.78, 5) is 11.8. The molecule has 4 nitrogen and oxygen atoms in total. The number of nitrogens with zero attached hydrogens (tertiary/aromatic N) is 1. The number of hydrogen-bond donors (Lipinski definition) is 0. The molecule has 1 unspecified atom stereocenters. The maximum atomic E-state index is 13.0. The predicted molar refractivity (Wildman–Crippen MR) is 71.7 cm³/mol. The molecule has 18 heavy (non-hydrogen) atoms. The van der Waals surface area contributed by atoms with Gasteiger partial charge in [-0.25, -0.2) is 9.00 Å². The lowest BCUT2D eigenvalue weighted by Gasteiger charge is -2.23. The standard InChI is InChI=1S/C12H22FNO3S/c1-7-17-10(15)9(12(5,6)8-13)14-18(16)11(2,3)4/h7-8H2,1-6H3. The number of rotatable bonds is 5. The second kappa shape index (κ2) is 6.41. The molecule has 0 N–H and O–H groups in total. The van der Waals surface area contributed by atoms with Crippen molar-refractivity contribution in [2.75, 3.05) is 13.3 Å². The highest BCUT2D eigenvalue weighted by molar-refractivity contribution is 7.85. The third kappa shape index (κ3) is 4.84. The molecule has 1 atom stereocenters. The summed E-state index contributed by atoms with van der Waals surface area (Å²) in [5.74, 6) is -0.710. The summed E-state index contributed by atoms with van der Waals surface area (Å²) >= 11 is 0.